The van der Waals surface area contributed by atoms with Gasteiger partial charge in [-0.1, -0.05) is 6.92 Å². The summed E-state index contributed by atoms with van der Waals surface area (Å²) in [7, 11) is 0. The summed E-state index contributed by atoms with van der Waals surface area (Å²) >= 11 is 0. The number of aromatic carboxylic acids is 1. The van der Waals surface area contributed by atoms with Gasteiger partial charge < -0.3 is 14.3 Å². The first-order valence-electron chi connectivity index (χ1n) is 6.44. The van der Waals surface area contributed by atoms with Crippen LogP contribution < -0.4 is 0 Å². The van der Waals surface area contributed by atoms with Gasteiger partial charge in [-0.25, -0.2) is 4.79 Å². The van der Waals surface area contributed by atoms with Crippen LogP contribution >= 0.6 is 0 Å². The van der Waals surface area contributed by atoms with Crippen molar-refractivity contribution in [1.82, 2.24) is 10.2 Å². The van der Waals surface area contributed by atoms with Gasteiger partial charge >= 0.3 is 5.97 Å². The molecule has 6 nitrogen and oxygen atoms in total. The van der Waals surface area contributed by atoms with Crippen LogP contribution in [0.3, 0.4) is 0 Å². The van der Waals surface area contributed by atoms with E-state index in [1.165, 1.54) is 12.1 Å². The number of aromatic nitrogens is 2. The van der Waals surface area contributed by atoms with Gasteiger partial charge in [0.25, 0.3) is 0 Å². The highest BCUT2D eigenvalue weighted by Crippen LogP contribution is 2.34. The van der Waals surface area contributed by atoms with Crippen molar-refractivity contribution in [1.29, 1.82) is 0 Å². The zero-order chi connectivity index (χ0) is 14.1. The Labute approximate surface area is 115 Å². The quantitative estimate of drug-likeness (QED) is 0.925. The third-order valence-electron chi connectivity index (χ3n) is 3.45. The van der Waals surface area contributed by atoms with Crippen LogP contribution in [0.25, 0.3) is 11.5 Å². The van der Waals surface area contributed by atoms with E-state index in [9.17, 15) is 4.79 Å². The van der Waals surface area contributed by atoms with E-state index in [2.05, 4.69) is 17.1 Å². The van der Waals surface area contributed by atoms with Crippen molar-refractivity contribution in [3.05, 3.63) is 35.7 Å². The Morgan fingerprint density at radius 2 is 2.05 bits per heavy atom. The summed E-state index contributed by atoms with van der Waals surface area (Å²) < 4.78 is 11.2. The van der Waals surface area contributed by atoms with Gasteiger partial charge in [-0.05, 0) is 36.6 Å². The number of hydrogen-bond donors (Lipinski definition) is 1. The zero-order valence-corrected chi connectivity index (χ0v) is 10.9. The van der Waals surface area contributed by atoms with Crippen LogP contribution in [0, 0.1) is 5.92 Å². The van der Waals surface area contributed by atoms with Crippen molar-refractivity contribution in [2.45, 2.75) is 19.4 Å². The topological polar surface area (TPSA) is 85.5 Å². The summed E-state index contributed by atoms with van der Waals surface area (Å²) in [4.78, 5) is 10.8. The summed E-state index contributed by atoms with van der Waals surface area (Å²) in [5.41, 5.74) is 0.917. The van der Waals surface area contributed by atoms with Crippen LogP contribution in [-0.2, 0) is 4.74 Å². The molecule has 0 radical (unpaired) electrons. The van der Waals surface area contributed by atoms with Crippen molar-refractivity contribution < 1.29 is 19.1 Å². The minimum absolute atomic E-state index is 0.144. The number of carboxylic acids is 1. The van der Waals surface area contributed by atoms with Gasteiger partial charge in [0, 0.05) is 12.2 Å². The largest absolute Gasteiger partial charge is 0.478 e. The van der Waals surface area contributed by atoms with Gasteiger partial charge in [0.1, 0.15) is 6.10 Å². The van der Waals surface area contributed by atoms with Gasteiger partial charge in [0.2, 0.25) is 11.8 Å². The lowest BCUT2D eigenvalue weighted by Gasteiger charge is -2.08. The standard InChI is InChI=1S/C14H14N2O4/c1-8-6-7-19-11(8)13-16-15-12(20-13)9-2-4-10(5-3-9)14(17)18/h2-5,8,11H,6-7H2,1H3,(H,17,18). The molecule has 6 heteroatoms. The van der Waals surface area contributed by atoms with Gasteiger partial charge in [-0.15, -0.1) is 10.2 Å². The third kappa shape index (κ3) is 2.30. The first-order valence-corrected chi connectivity index (χ1v) is 6.44. The van der Waals surface area contributed by atoms with Gasteiger partial charge in [0.05, 0.1) is 5.56 Å². The van der Waals surface area contributed by atoms with E-state index in [0.29, 0.717) is 29.9 Å². The fraction of sp³-hybridized carbons (Fsp3) is 0.357. The molecule has 2 aromatic rings. The summed E-state index contributed by atoms with van der Waals surface area (Å²) in [6.45, 7) is 2.79. The van der Waals surface area contributed by atoms with E-state index in [1.807, 2.05) is 0 Å². The summed E-state index contributed by atoms with van der Waals surface area (Å²) in [5, 5.41) is 16.9. The second kappa shape index (κ2) is 5.05. The highest BCUT2D eigenvalue weighted by Gasteiger charge is 2.30. The van der Waals surface area contributed by atoms with Gasteiger partial charge in [-0.2, -0.15) is 0 Å². The lowest BCUT2D eigenvalue weighted by atomic mass is 10.0. The van der Waals surface area contributed by atoms with Crippen LogP contribution in [0.15, 0.2) is 28.7 Å². The van der Waals surface area contributed by atoms with E-state index >= 15 is 0 Å². The average molecular weight is 274 g/mol. The summed E-state index contributed by atoms with van der Waals surface area (Å²) in [6.07, 6.45) is 0.838. The van der Waals surface area contributed by atoms with E-state index in [1.54, 1.807) is 12.1 Å². The molecule has 1 aliphatic rings. The van der Waals surface area contributed by atoms with Crippen molar-refractivity contribution in [2.24, 2.45) is 5.92 Å². The molecule has 1 N–H and O–H groups in total. The fourth-order valence-corrected chi connectivity index (χ4v) is 2.23. The van der Waals surface area contributed by atoms with E-state index < -0.39 is 5.97 Å². The molecule has 0 spiro atoms. The SMILES string of the molecule is CC1CCOC1c1nnc(-c2ccc(C(=O)O)cc2)o1. The predicted molar refractivity (Wildman–Crippen MR) is 69.2 cm³/mol. The van der Waals surface area contributed by atoms with Crippen LogP contribution in [0.4, 0.5) is 0 Å². The average Bonchev–Trinajstić information content (AvgIpc) is 3.07. The second-order valence-corrected chi connectivity index (χ2v) is 4.89. The Kier molecular flexibility index (Phi) is 3.23. The Bertz CT molecular complexity index is 620. The lowest BCUT2D eigenvalue weighted by molar-refractivity contribution is 0.0697. The minimum atomic E-state index is -0.962. The molecule has 1 aliphatic heterocycles. The molecule has 1 aromatic heterocycles. The van der Waals surface area contributed by atoms with Crippen LogP contribution in [0.1, 0.15) is 35.7 Å². The smallest absolute Gasteiger partial charge is 0.335 e. The molecule has 2 atom stereocenters. The van der Waals surface area contributed by atoms with Crippen molar-refractivity contribution in [2.75, 3.05) is 6.61 Å². The van der Waals surface area contributed by atoms with Crippen LogP contribution in [0.5, 0.6) is 0 Å². The number of nitrogens with zero attached hydrogens (tertiary/aromatic N) is 2. The first-order chi connectivity index (χ1) is 9.65. The molecular formula is C14H14N2O4. The minimum Gasteiger partial charge on any atom is -0.478 e. The predicted octanol–water partition coefficient (Wildman–Crippen LogP) is 2.53. The number of rotatable bonds is 3. The highest BCUT2D eigenvalue weighted by atomic mass is 16.5. The molecule has 20 heavy (non-hydrogen) atoms. The lowest BCUT2D eigenvalue weighted by Crippen LogP contribution is -2.03. The normalized spacial score (nSPS) is 22.1. The second-order valence-electron chi connectivity index (χ2n) is 4.89. The van der Waals surface area contributed by atoms with Gasteiger partial charge in [-0.3, -0.25) is 0 Å². The Hall–Kier alpha value is -2.21. The number of hydrogen-bond acceptors (Lipinski definition) is 5. The Balaban J connectivity index is 1.84. The van der Waals surface area contributed by atoms with E-state index in [4.69, 9.17) is 14.3 Å². The maximum atomic E-state index is 10.8. The molecule has 0 aliphatic carbocycles. The zero-order valence-electron chi connectivity index (χ0n) is 10.9. The van der Waals surface area contributed by atoms with Crippen LogP contribution in [0.2, 0.25) is 0 Å². The maximum Gasteiger partial charge on any atom is 0.335 e. The summed E-state index contributed by atoms with van der Waals surface area (Å²) in [6, 6.07) is 6.33. The summed E-state index contributed by atoms with van der Waals surface area (Å²) in [5.74, 6) is 0.251. The van der Waals surface area contributed by atoms with Crippen molar-refractivity contribution in [3.63, 3.8) is 0 Å². The molecule has 1 saturated heterocycles. The molecule has 1 fully saturated rings. The molecule has 0 bridgehead atoms. The van der Waals surface area contributed by atoms with Crippen LogP contribution in [-0.4, -0.2) is 27.9 Å². The molecule has 0 amide bonds. The molecule has 3 rings (SSSR count). The van der Waals surface area contributed by atoms with Gasteiger partial charge in [0.15, 0.2) is 0 Å². The molecule has 2 heterocycles. The van der Waals surface area contributed by atoms with E-state index in [-0.39, 0.29) is 11.7 Å². The van der Waals surface area contributed by atoms with E-state index in [0.717, 1.165) is 6.42 Å². The maximum absolute atomic E-state index is 10.8. The molecule has 0 saturated carbocycles. The number of benzene rings is 1. The Morgan fingerprint density at radius 1 is 1.30 bits per heavy atom. The van der Waals surface area contributed by atoms with Crippen molar-refractivity contribution in [3.8, 4) is 11.5 Å². The first kappa shape index (κ1) is 12.8. The fourth-order valence-electron chi connectivity index (χ4n) is 2.23. The Morgan fingerprint density at radius 3 is 2.65 bits per heavy atom. The third-order valence-corrected chi connectivity index (χ3v) is 3.45. The molecule has 104 valence electrons. The number of carbonyl (C=O) groups is 1. The molecule has 2 unspecified atom stereocenters. The molecular weight excluding hydrogens is 260 g/mol. The number of carboxylic acid groups (broad SMARTS) is 1. The number of ether oxygens (including phenoxy) is 1. The monoisotopic (exact) mass is 274 g/mol. The highest BCUT2D eigenvalue weighted by molar-refractivity contribution is 5.88. The molecule has 1 aromatic carbocycles. The van der Waals surface area contributed by atoms with Crippen molar-refractivity contribution >= 4 is 5.97 Å².